The first-order chi connectivity index (χ1) is 29.4. The van der Waals surface area contributed by atoms with Gasteiger partial charge in [-0.1, -0.05) is 84.2 Å². The highest BCUT2D eigenvalue weighted by Gasteiger charge is 2.18. The largest absolute Gasteiger partial charge is 0.448 e. The number of fused-ring (bicyclic) bond motifs is 2. The van der Waals surface area contributed by atoms with Crippen molar-refractivity contribution in [2.45, 2.75) is 41.7 Å². The van der Waals surface area contributed by atoms with Crippen molar-refractivity contribution in [2.75, 3.05) is 11.3 Å². The van der Waals surface area contributed by atoms with Gasteiger partial charge in [-0.25, -0.2) is 46.8 Å². The van der Waals surface area contributed by atoms with Crippen LogP contribution >= 0.6 is 23.5 Å². The SMILES string of the molecule is CC(C)Nn1c(=O)c(Oc2ccc(F)cc2F)cc2cnc(SCc3ccccc3)nc21.Nn1c(=O)c(Oc2ccc(F)cc2F)cc2cnc(SCc3ccccc3)nc21. The summed E-state index contributed by atoms with van der Waals surface area (Å²) in [6, 6.07) is 28.1. The molecular weight excluding hydrogens is 833 g/mol. The molecule has 61 heavy (non-hydrogen) atoms. The third-order valence-corrected chi connectivity index (χ3v) is 10.3. The van der Waals surface area contributed by atoms with E-state index < -0.39 is 34.4 Å². The van der Waals surface area contributed by atoms with Crippen LogP contribution in [0, 0.1) is 23.3 Å². The summed E-state index contributed by atoms with van der Waals surface area (Å²) in [4.78, 5) is 43.2. The molecule has 310 valence electrons. The van der Waals surface area contributed by atoms with Crippen LogP contribution in [-0.4, -0.2) is 35.3 Å². The minimum atomic E-state index is -0.933. The van der Waals surface area contributed by atoms with Gasteiger partial charge in [0.25, 0.3) is 0 Å². The van der Waals surface area contributed by atoms with Crippen LogP contribution < -0.4 is 31.9 Å². The number of ether oxygens (including phenoxy) is 2. The van der Waals surface area contributed by atoms with Gasteiger partial charge in [-0.3, -0.25) is 9.59 Å². The van der Waals surface area contributed by atoms with E-state index in [-0.39, 0.29) is 34.7 Å². The first-order valence-electron chi connectivity index (χ1n) is 18.4. The van der Waals surface area contributed by atoms with Gasteiger partial charge in [0.05, 0.1) is 0 Å². The summed E-state index contributed by atoms with van der Waals surface area (Å²) in [5, 5.41) is 1.93. The van der Waals surface area contributed by atoms with Gasteiger partial charge >= 0.3 is 11.1 Å². The van der Waals surface area contributed by atoms with Crippen LogP contribution in [0.2, 0.25) is 0 Å². The van der Waals surface area contributed by atoms with Crippen LogP contribution in [0.15, 0.2) is 141 Å². The molecule has 0 radical (unpaired) electrons. The molecule has 0 saturated carbocycles. The summed E-state index contributed by atoms with van der Waals surface area (Å²) >= 11 is 2.85. The van der Waals surface area contributed by atoms with E-state index in [9.17, 15) is 27.2 Å². The zero-order chi connectivity index (χ0) is 43.0. The number of benzene rings is 4. The van der Waals surface area contributed by atoms with Gasteiger partial charge in [-0.2, -0.15) is 0 Å². The molecule has 0 spiro atoms. The number of pyridine rings is 2. The summed E-state index contributed by atoms with van der Waals surface area (Å²) in [6.07, 6.45) is 3.09. The van der Waals surface area contributed by atoms with E-state index in [0.29, 0.717) is 50.4 Å². The lowest BCUT2D eigenvalue weighted by Crippen LogP contribution is -2.34. The minimum Gasteiger partial charge on any atom is -0.448 e. The maximum atomic E-state index is 14.1. The number of nitrogens with one attached hydrogen (secondary N) is 1. The predicted molar refractivity (Wildman–Crippen MR) is 227 cm³/mol. The molecule has 4 heterocycles. The molecule has 0 unspecified atom stereocenters. The second-order valence-electron chi connectivity index (χ2n) is 13.4. The smallest absolute Gasteiger partial charge is 0.313 e. The molecule has 0 bridgehead atoms. The summed E-state index contributed by atoms with van der Waals surface area (Å²) in [5.74, 6) is 2.99. The lowest BCUT2D eigenvalue weighted by molar-refractivity contribution is 0.430. The van der Waals surface area contributed by atoms with E-state index in [1.807, 2.05) is 74.5 Å². The van der Waals surface area contributed by atoms with Gasteiger partial charge in [0.1, 0.15) is 11.6 Å². The molecule has 0 aliphatic carbocycles. The molecule has 3 N–H and O–H groups in total. The van der Waals surface area contributed by atoms with E-state index in [4.69, 9.17) is 15.3 Å². The van der Waals surface area contributed by atoms with Crippen molar-refractivity contribution in [3.63, 3.8) is 0 Å². The molecule has 8 rings (SSSR count). The maximum absolute atomic E-state index is 14.1. The molecule has 18 heteroatoms. The Morgan fingerprint density at radius 2 is 1.08 bits per heavy atom. The highest BCUT2D eigenvalue weighted by atomic mass is 32.2. The number of halogens is 4. The zero-order valence-electron chi connectivity index (χ0n) is 32.3. The second kappa shape index (κ2) is 19.0. The number of rotatable bonds is 12. The molecule has 4 aromatic heterocycles. The summed E-state index contributed by atoms with van der Waals surface area (Å²) in [6.45, 7) is 3.75. The minimum absolute atomic E-state index is 0.0934. The van der Waals surface area contributed by atoms with E-state index in [0.717, 1.165) is 40.1 Å². The number of nitrogens with two attached hydrogens (primary N) is 1. The number of thioether (sulfide) groups is 2. The van der Waals surface area contributed by atoms with Crippen LogP contribution in [0.5, 0.6) is 23.0 Å². The number of nitrogen functional groups attached to an aromatic ring is 1. The Kier molecular flexibility index (Phi) is 13.1. The topological polar surface area (TPSA) is 152 Å². The number of nitrogens with zero attached hydrogens (tertiary/aromatic N) is 6. The normalized spacial score (nSPS) is 11.1. The molecule has 0 atom stereocenters. The Hall–Kier alpha value is -6.92. The Bertz CT molecular complexity index is 2960. The van der Waals surface area contributed by atoms with Crippen LogP contribution in [0.1, 0.15) is 25.0 Å². The monoisotopic (exact) mass is 866 g/mol. The maximum Gasteiger partial charge on any atom is 0.313 e. The number of aromatic nitrogens is 6. The zero-order valence-corrected chi connectivity index (χ0v) is 33.9. The first kappa shape index (κ1) is 42.2. The number of hydrogen-bond donors (Lipinski definition) is 2. The highest BCUT2D eigenvalue weighted by molar-refractivity contribution is 7.98. The third kappa shape index (κ3) is 10.5. The van der Waals surface area contributed by atoms with Gasteiger partial charge in [-0.05, 0) is 61.4 Å². The van der Waals surface area contributed by atoms with E-state index >= 15 is 0 Å². The van der Waals surface area contributed by atoms with E-state index in [1.165, 1.54) is 46.5 Å². The van der Waals surface area contributed by atoms with Gasteiger partial charge < -0.3 is 20.7 Å². The second-order valence-corrected chi connectivity index (χ2v) is 15.3. The predicted octanol–water partition coefficient (Wildman–Crippen LogP) is 8.97. The lowest BCUT2D eigenvalue weighted by atomic mass is 10.2. The first-order valence-corrected chi connectivity index (χ1v) is 20.4. The molecule has 0 fully saturated rings. The van der Waals surface area contributed by atoms with Crippen LogP contribution in [0.25, 0.3) is 22.1 Å². The standard InChI is InChI=1S/C23H20F2N4O2S.C20H14F2N4O2S/c1-14(2)28-29-21-16(12-26-23(27-21)32-13-15-6-4-3-5-7-15)10-20(22(29)30)31-19-9-8-17(24)11-18(19)25;21-14-6-7-16(15(22)9-14)28-17-8-13-10-24-20(25-18(13)26(23)19(17)27)29-11-12-4-2-1-3-5-12/h3-12,14,28H,13H2,1-2H3;1-10H,11,23H2. The van der Waals surface area contributed by atoms with Gasteiger partial charge in [0, 0.05) is 52.8 Å². The van der Waals surface area contributed by atoms with Gasteiger partial charge in [0.15, 0.2) is 56.2 Å². The number of hydrogen-bond acceptors (Lipinski definition) is 12. The van der Waals surface area contributed by atoms with Crippen molar-refractivity contribution in [3.8, 4) is 23.0 Å². The van der Waals surface area contributed by atoms with Crippen molar-refractivity contribution in [1.82, 2.24) is 29.3 Å². The molecular formula is C43H34F4N8O4S2. The fourth-order valence-electron chi connectivity index (χ4n) is 5.60. The molecule has 0 saturated heterocycles. The third-order valence-electron chi connectivity index (χ3n) is 8.44. The fourth-order valence-corrected chi connectivity index (χ4v) is 7.13. The van der Waals surface area contributed by atoms with Crippen molar-refractivity contribution >= 4 is 45.6 Å². The van der Waals surface area contributed by atoms with Crippen LogP contribution in [0.3, 0.4) is 0 Å². The Balaban J connectivity index is 0.000000185. The Labute approximate surface area is 353 Å². The Morgan fingerprint density at radius 1 is 0.623 bits per heavy atom. The van der Waals surface area contributed by atoms with Gasteiger partial charge in [-0.15, -0.1) is 0 Å². The summed E-state index contributed by atoms with van der Waals surface area (Å²) in [7, 11) is 0. The van der Waals surface area contributed by atoms with Crippen molar-refractivity contribution < 1.29 is 27.0 Å². The molecule has 0 amide bonds. The fraction of sp³-hybridized carbons (Fsp3) is 0.116. The average molecular weight is 867 g/mol. The van der Waals surface area contributed by atoms with Crippen LogP contribution in [0.4, 0.5) is 17.6 Å². The molecule has 4 aromatic carbocycles. The quantitative estimate of drug-likeness (QED) is 0.0522. The van der Waals surface area contributed by atoms with Gasteiger partial charge in [0.2, 0.25) is 0 Å². The molecule has 0 aliphatic rings. The Morgan fingerprint density at radius 3 is 1.56 bits per heavy atom. The van der Waals surface area contributed by atoms with Crippen LogP contribution in [-0.2, 0) is 11.5 Å². The molecule has 12 nitrogen and oxygen atoms in total. The molecule has 8 aromatic rings. The average Bonchev–Trinajstić information content (AvgIpc) is 3.25. The van der Waals surface area contributed by atoms with Crippen molar-refractivity contribution in [3.05, 3.63) is 177 Å². The highest BCUT2D eigenvalue weighted by Crippen LogP contribution is 2.28. The van der Waals surface area contributed by atoms with E-state index in [1.54, 1.807) is 6.20 Å². The summed E-state index contributed by atoms with van der Waals surface area (Å²) < 4.78 is 67.0. The molecule has 0 aliphatic heterocycles. The lowest BCUT2D eigenvalue weighted by Gasteiger charge is -2.17. The van der Waals surface area contributed by atoms with E-state index in [2.05, 4.69) is 25.4 Å². The summed E-state index contributed by atoms with van der Waals surface area (Å²) in [5.41, 5.74) is 4.61. The van der Waals surface area contributed by atoms with Crippen molar-refractivity contribution in [2.24, 2.45) is 0 Å². The van der Waals surface area contributed by atoms with Crippen molar-refractivity contribution in [1.29, 1.82) is 0 Å².